The SMILES string of the molecule is COc1ccc(-n2c(-c3ccc(N(c4ccc(-c5c(-c6nc7ccccc7n6C)c6ccccc6n5-c5ccccc5)cc4)c4ccc(-c5c(-c6nc7ccccc7n6C)c6ccccc6n5-c5ccccc5)cc4)cc3)c(-c3nc4ccccc4n3C)c3ccccc32)cc1. The van der Waals surface area contributed by atoms with Gasteiger partial charge in [-0.1, -0.05) is 164 Å². The molecule has 0 atom stereocenters. The maximum Gasteiger partial charge on any atom is 0.143 e. The van der Waals surface area contributed by atoms with Gasteiger partial charge in [-0.25, -0.2) is 15.0 Å². The smallest absolute Gasteiger partial charge is 0.143 e. The van der Waals surface area contributed by atoms with Crippen molar-refractivity contribution < 1.29 is 4.74 Å². The standard InChI is InChI=1S/C85H62N10O/c1-89-74-36-20-14-30-68(74)86-83(89)77-65-27-11-17-33-71(65)93(58-23-7-5-8-24-58)80(77)55-39-45-60(46-40-55)92(61-47-41-56(42-48-61)81-78(84-87-69-31-15-21-37-75(69)90(84)2)66-28-12-18-34-72(66)94(81)59-25-9-6-10-26-59)62-49-43-57(44-50-62)82-79(85-88-70-32-16-22-38-76(70)91(85)3)67-29-13-19-35-73(67)95(82)63-51-53-64(96-4)54-52-63/h5-54H,1-4H3. The molecular weight excluding hydrogens is 1180 g/mol. The maximum absolute atomic E-state index is 5.71. The van der Waals surface area contributed by atoms with Crippen LogP contribution in [0.3, 0.4) is 0 Å². The molecule has 0 bridgehead atoms. The van der Waals surface area contributed by atoms with E-state index in [4.69, 9.17) is 19.7 Å². The Labute approximate surface area is 554 Å². The van der Waals surface area contributed by atoms with Crippen LogP contribution < -0.4 is 9.64 Å². The van der Waals surface area contributed by atoms with Gasteiger partial charge in [0.25, 0.3) is 0 Å². The zero-order valence-electron chi connectivity index (χ0n) is 53.2. The number of aromatic nitrogens is 9. The summed E-state index contributed by atoms with van der Waals surface area (Å²) < 4.78 is 19.6. The van der Waals surface area contributed by atoms with E-state index in [1.165, 1.54) is 0 Å². The first-order chi connectivity index (χ1) is 47.4. The number of anilines is 3. The summed E-state index contributed by atoms with van der Waals surface area (Å²) in [6.45, 7) is 0. The second-order valence-electron chi connectivity index (χ2n) is 24.5. The molecule has 6 heterocycles. The minimum atomic E-state index is 0.791. The Morgan fingerprint density at radius 1 is 0.271 bits per heavy atom. The van der Waals surface area contributed by atoms with Gasteiger partial charge in [0.2, 0.25) is 0 Å². The summed E-state index contributed by atoms with van der Waals surface area (Å²) in [5, 5.41) is 3.34. The van der Waals surface area contributed by atoms with Gasteiger partial charge in [-0.05, 0) is 156 Å². The summed E-state index contributed by atoms with van der Waals surface area (Å²) in [6.07, 6.45) is 0. The van der Waals surface area contributed by atoms with E-state index in [0.717, 1.165) is 174 Å². The molecule has 0 amide bonds. The molecule has 0 unspecified atom stereocenters. The highest BCUT2D eigenvalue weighted by Gasteiger charge is 2.30. The summed E-state index contributed by atoms with van der Waals surface area (Å²) in [5.41, 5.74) is 24.9. The van der Waals surface area contributed by atoms with Crippen LogP contribution in [0.2, 0.25) is 0 Å². The van der Waals surface area contributed by atoms with Gasteiger partial charge in [0, 0.05) is 71.4 Å². The van der Waals surface area contributed by atoms with Gasteiger partial charge in [-0.3, -0.25) is 0 Å². The number of hydrogen-bond donors (Lipinski definition) is 0. The summed E-state index contributed by atoms with van der Waals surface area (Å²) in [4.78, 5) is 18.5. The molecule has 0 N–H and O–H groups in total. The Morgan fingerprint density at radius 3 is 0.844 bits per heavy atom. The zero-order chi connectivity index (χ0) is 64.1. The lowest BCUT2D eigenvalue weighted by Crippen LogP contribution is -2.10. The van der Waals surface area contributed by atoms with Crippen LogP contribution in [0.15, 0.2) is 303 Å². The molecule has 18 rings (SSSR count). The fourth-order valence-corrected chi connectivity index (χ4v) is 14.8. The molecular formula is C85H62N10O. The lowest BCUT2D eigenvalue weighted by Gasteiger charge is -2.26. The Hall–Kier alpha value is -12.7. The Morgan fingerprint density at radius 2 is 0.542 bits per heavy atom. The van der Waals surface area contributed by atoms with Gasteiger partial charge in [0.15, 0.2) is 0 Å². The van der Waals surface area contributed by atoms with E-state index in [-0.39, 0.29) is 0 Å². The first-order valence-electron chi connectivity index (χ1n) is 32.4. The first kappa shape index (κ1) is 56.1. The molecule has 6 aromatic heterocycles. The zero-order valence-corrected chi connectivity index (χ0v) is 53.2. The summed E-state index contributed by atoms with van der Waals surface area (Å²) in [5.74, 6) is 3.48. The molecule has 18 aromatic rings. The number of ether oxygens (including phenoxy) is 1. The Kier molecular flexibility index (Phi) is 13.2. The van der Waals surface area contributed by atoms with Crippen molar-refractivity contribution in [3.63, 3.8) is 0 Å². The molecule has 0 spiro atoms. The third-order valence-electron chi connectivity index (χ3n) is 19.2. The quantitative estimate of drug-likeness (QED) is 0.115. The Balaban J connectivity index is 0.845. The lowest BCUT2D eigenvalue weighted by atomic mass is 10.0. The summed E-state index contributed by atoms with van der Waals surface area (Å²) in [6, 6.07) is 108. The predicted molar refractivity (Wildman–Crippen MR) is 394 cm³/mol. The van der Waals surface area contributed by atoms with E-state index < -0.39 is 0 Å². The topological polar surface area (TPSA) is 80.7 Å². The summed E-state index contributed by atoms with van der Waals surface area (Å²) in [7, 11) is 8.09. The van der Waals surface area contributed by atoms with Gasteiger partial charge in [0.1, 0.15) is 23.2 Å². The number of hydrogen-bond acceptors (Lipinski definition) is 5. The van der Waals surface area contributed by atoms with Crippen molar-refractivity contribution >= 4 is 82.9 Å². The Bertz CT molecular complexity index is 5760. The average molecular weight is 1240 g/mol. The van der Waals surface area contributed by atoms with Crippen LogP contribution in [0.4, 0.5) is 17.1 Å². The minimum absolute atomic E-state index is 0.791. The van der Waals surface area contributed by atoms with E-state index in [0.29, 0.717) is 0 Å². The van der Waals surface area contributed by atoms with Crippen LogP contribution in [-0.2, 0) is 21.1 Å². The second-order valence-corrected chi connectivity index (χ2v) is 24.5. The highest BCUT2D eigenvalue weighted by Crippen LogP contribution is 2.49. The van der Waals surface area contributed by atoms with Crippen molar-refractivity contribution in [2.75, 3.05) is 12.0 Å². The first-order valence-corrected chi connectivity index (χ1v) is 32.4. The number of para-hydroxylation sites is 11. The average Bonchev–Trinajstić information content (AvgIpc) is 1.57. The van der Waals surface area contributed by atoms with Crippen molar-refractivity contribution in [3.05, 3.63) is 303 Å². The van der Waals surface area contributed by atoms with Crippen LogP contribution in [0, 0.1) is 0 Å². The van der Waals surface area contributed by atoms with Crippen LogP contribution in [-0.4, -0.2) is 49.5 Å². The lowest BCUT2D eigenvalue weighted by molar-refractivity contribution is 0.415. The van der Waals surface area contributed by atoms with Crippen molar-refractivity contribution in [1.82, 2.24) is 42.4 Å². The van der Waals surface area contributed by atoms with Gasteiger partial charge < -0.3 is 37.0 Å². The van der Waals surface area contributed by atoms with Gasteiger partial charge in [-0.15, -0.1) is 0 Å². The van der Waals surface area contributed by atoms with Crippen LogP contribution in [0.5, 0.6) is 5.75 Å². The number of fused-ring (bicyclic) bond motifs is 6. The van der Waals surface area contributed by atoms with E-state index >= 15 is 0 Å². The van der Waals surface area contributed by atoms with Gasteiger partial charge in [0.05, 0.1) is 90.5 Å². The van der Waals surface area contributed by atoms with Crippen molar-refractivity contribution in [2.45, 2.75) is 0 Å². The van der Waals surface area contributed by atoms with E-state index in [1.54, 1.807) is 7.11 Å². The van der Waals surface area contributed by atoms with Crippen molar-refractivity contribution in [1.29, 1.82) is 0 Å². The molecule has 11 nitrogen and oxygen atoms in total. The third kappa shape index (κ3) is 8.85. The minimum Gasteiger partial charge on any atom is -0.497 e. The molecule has 458 valence electrons. The van der Waals surface area contributed by atoms with Crippen molar-refractivity contribution in [3.8, 4) is 90.7 Å². The monoisotopic (exact) mass is 1240 g/mol. The summed E-state index contributed by atoms with van der Waals surface area (Å²) >= 11 is 0. The van der Waals surface area contributed by atoms with Crippen LogP contribution in [0.25, 0.3) is 151 Å². The van der Waals surface area contributed by atoms with Crippen LogP contribution in [0.1, 0.15) is 0 Å². The van der Waals surface area contributed by atoms with E-state index in [9.17, 15) is 0 Å². The fourth-order valence-electron chi connectivity index (χ4n) is 14.8. The molecule has 0 saturated carbocycles. The number of imidazole rings is 3. The number of methoxy groups -OCH3 is 1. The molecule has 0 aliphatic heterocycles. The van der Waals surface area contributed by atoms with Gasteiger partial charge in [-0.2, -0.15) is 0 Å². The molecule has 0 saturated heterocycles. The molecule has 0 fully saturated rings. The van der Waals surface area contributed by atoms with Crippen molar-refractivity contribution in [2.24, 2.45) is 21.1 Å². The second kappa shape index (κ2) is 22.5. The number of rotatable bonds is 13. The molecule has 96 heavy (non-hydrogen) atoms. The third-order valence-corrected chi connectivity index (χ3v) is 19.2. The van der Waals surface area contributed by atoms with Crippen LogP contribution >= 0.6 is 0 Å². The molecule has 11 heteroatoms. The molecule has 0 aliphatic rings. The maximum atomic E-state index is 5.71. The highest BCUT2D eigenvalue weighted by molar-refractivity contribution is 6.09. The molecule has 0 radical (unpaired) electrons. The molecule has 12 aromatic carbocycles. The normalized spacial score (nSPS) is 11.8. The largest absolute Gasteiger partial charge is 0.497 e. The van der Waals surface area contributed by atoms with E-state index in [2.05, 4.69) is 345 Å². The fraction of sp³-hybridized carbons (Fsp3) is 0.0471. The number of aryl methyl sites for hydroxylation is 3. The number of benzene rings is 12. The number of nitrogens with zero attached hydrogens (tertiary/aromatic N) is 10. The predicted octanol–water partition coefficient (Wildman–Crippen LogP) is 20.7. The molecule has 0 aliphatic carbocycles. The van der Waals surface area contributed by atoms with E-state index in [1.807, 2.05) is 12.1 Å². The van der Waals surface area contributed by atoms with Gasteiger partial charge >= 0.3 is 0 Å². The highest BCUT2D eigenvalue weighted by atomic mass is 16.5.